The predicted octanol–water partition coefficient (Wildman–Crippen LogP) is 1.10. The van der Waals surface area contributed by atoms with Crippen molar-refractivity contribution in [2.45, 2.75) is 63.6 Å². The molecule has 0 saturated heterocycles. The summed E-state index contributed by atoms with van der Waals surface area (Å²) in [6, 6.07) is 0. The molecule has 0 heterocycles. The van der Waals surface area contributed by atoms with Gasteiger partial charge in [-0.25, -0.2) is 9.59 Å². The summed E-state index contributed by atoms with van der Waals surface area (Å²) in [7, 11) is 0. The zero-order valence-corrected chi connectivity index (χ0v) is 11.3. The van der Waals surface area contributed by atoms with E-state index in [2.05, 4.69) is 0 Å². The highest BCUT2D eigenvalue weighted by Gasteiger charge is 2.35. The lowest BCUT2D eigenvalue weighted by molar-refractivity contribution is -0.167. The van der Waals surface area contributed by atoms with E-state index in [1.54, 1.807) is 0 Å². The number of rotatable bonds is 5. The number of hydrogen-bond acceptors (Lipinski definition) is 6. The van der Waals surface area contributed by atoms with Crippen molar-refractivity contribution in [3.05, 3.63) is 0 Å². The molecule has 0 N–H and O–H groups in total. The lowest BCUT2D eigenvalue weighted by Gasteiger charge is -2.11. The molecule has 0 aromatic rings. The Morgan fingerprint density at radius 3 is 1.20 bits per heavy atom. The van der Waals surface area contributed by atoms with E-state index in [1.807, 2.05) is 0 Å². The van der Waals surface area contributed by atoms with E-state index in [4.69, 9.17) is 9.47 Å². The molecule has 0 aliphatic heterocycles. The zero-order valence-electron chi connectivity index (χ0n) is 11.3. The standard InChI is InChI=1S/C14H18O6/c15-11(13(17)19-9-5-1-2-6-9)12(16)14(18)20-10-7-3-4-8-10/h9-10H,1-8H2. The van der Waals surface area contributed by atoms with Gasteiger partial charge in [0.15, 0.2) is 0 Å². The highest BCUT2D eigenvalue weighted by Crippen LogP contribution is 2.22. The van der Waals surface area contributed by atoms with Crippen LogP contribution in [0.3, 0.4) is 0 Å². The molecule has 2 aliphatic rings. The number of carbonyl (C=O) groups excluding carboxylic acids is 4. The van der Waals surface area contributed by atoms with Gasteiger partial charge in [-0.2, -0.15) is 0 Å². The van der Waals surface area contributed by atoms with Crippen LogP contribution in [0.15, 0.2) is 0 Å². The van der Waals surface area contributed by atoms with Gasteiger partial charge in [-0.1, -0.05) is 0 Å². The van der Waals surface area contributed by atoms with E-state index >= 15 is 0 Å². The van der Waals surface area contributed by atoms with Gasteiger partial charge in [0.25, 0.3) is 0 Å². The third-order valence-corrected chi connectivity index (χ3v) is 3.73. The van der Waals surface area contributed by atoms with Crippen molar-refractivity contribution in [1.29, 1.82) is 0 Å². The Hall–Kier alpha value is -1.72. The molecule has 2 fully saturated rings. The molecular weight excluding hydrogens is 264 g/mol. The molecule has 0 atom stereocenters. The summed E-state index contributed by atoms with van der Waals surface area (Å²) in [6.07, 6.45) is 5.88. The number of ketones is 2. The van der Waals surface area contributed by atoms with Crippen molar-refractivity contribution in [3.63, 3.8) is 0 Å². The van der Waals surface area contributed by atoms with Crippen LogP contribution < -0.4 is 0 Å². The van der Waals surface area contributed by atoms with Crippen LogP contribution in [-0.2, 0) is 28.7 Å². The number of esters is 2. The Morgan fingerprint density at radius 1 is 0.600 bits per heavy atom. The number of Topliss-reactive ketones (excluding diaryl/α,β-unsaturated/α-hetero) is 2. The summed E-state index contributed by atoms with van der Waals surface area (Å²) in [6.45, 7) is 0. The van der Waals surface area contributed by atoms with Gasteiger partial charge < -0.3 is 9.47 Å². The first kappa shape index (κ1) is 14.7. The van der Waals surface area contributed by atoms with Crippen LogP contribution in [0.25, 0.3) is 0 Å². The molecule has 0 aromatic carbocycles. The van der Waals surface area contributed by atoms with E-state index in [1.165, 1.54) is 0 Å². The van der Waals surface area contributed by atoms with Crippen LogP contribution in [0, 0.1) is 0 Å². The number of carbonyl (C=O) groups is 4. The van der Waals surface area contributed by atoms with Crippen molar-refractivity contribution in [3.8, 4) is 0 Å². The molecule has 0 bridgehead atoms. The highest BCUT2D eigenvalue weighted by atomic mass is 16.6. The van der Waals surface area contributed by atoms with Gasteiger partial charge in [-0.15, -0.1) is 0 Å². The topological polar surface area (TPSA) is 86.7 Å². The maximum absolute atomic E-state index is 11.5. The van der Waals surface area contributed by atoms with Crippen LogP contribution in [0.2, 0.25) is 0 Å². The van der Waals surface area contributed by atoms with Crippen LogP contribution in [0.1, 0.15) is 51.4 Å². The van der Waals surface area contributed by atoms with E-state index in [9.17, 15) is 19.2 Å². The molecule has 0 amide bonds. The fourth-order valence-corrected chi connectivity index (χ4v) is 2.61. The summed E-state index contributed by atoms with van der Waals surface area (Å²) in [4.78, 5) is 46.0. The maximum atomic E-state index is 11.5. The quantitative estimate of drug-likeness (QED) is 0.426. The predicted molar refractivity (Wildman–Crippen MR) is 66.7 cm³/mol. The minimum absolute atomic E-state index is 0.315. The second-order valence-corrected chi connectivity index (χ2v) is 5.28. The number of hydrogen-bond donors (Lipinski definition) is 0. The zero-order chi connectivity index (χ0) is 14.5. The van der Waals surface area contributed by atoms with E-state index in [-0.39, 0.29) is 12.2 Å². The Labute approximate surface area is 116 Å². The molecule has 20 heavy (non-hydrogen) atoms. The molecular formula is C14H18O6. The van der Waals surface area contributed by atoms with Gasteiger partial charge in [0, 0.05) is 0 Å². The smallest absolute Gasteiger partial charge is 0.383 e. The first-order valence-electron chi connectivity index (χ1n) is 7.08. The molecule has 6 nitrogen and oxygen atoms in total. The van der Waals surface area contributed by atoms with Crippen molar-refractivity contribution in [2.75, 3.05) is 0 Å². The molecule has 0 spiro atoms. The van der Waals surface area contributed by atoms with Crippen molar-refractivity contribution >= 4 is 23.5 Å². The van der Waals surface area contributed by atoms with Gasteiger partial charge in [0.05, 0.1) is 0 Å². The molecule has 0 radical (unpaired) electrons. The van der Waals surface area contributed by atoms with Gasteiger partial charge in [-0.05, 0) is 51.4 Å². The van der Waals surface area contributed by atoms with E-state index in [0.717, 1.165) is 25.7 Å². The SMILES string of the molecule is O=C(OC1CCCC1)C(=O)C(=O)C(=O)OC1CCCC1. The van der Waals surface area contributed by atoms with Crippen LogP contribution in [0.5, 0.6) is 0 Å². The Morgan fingerprint density at radius 2 is 0.900 bits per heavy atom. The molecule has 0 aromatic heterocycles. The van der Waals surface area contributed by atoms with Crippen LogP contribution in [-0.4, -0.2) is 35.7 Å². The summed E-state index contributed by atoms with van der Waals surface area (Å²) >= 11 is 0. The summed E-state index contributed by atoms with van der Waals surface area (Å²) < 4.78 is 9.79. The van der Waals surface area contributed by atoms with Gasteiger partial charge in [-0.3, -0.25) is 9.59 Å². The molecule has 0 unspecified atom stereocenters. The average molecular weight is 282 g/mol. The first-order chi connectivity index (χ1) is 9.58. The fourth-order valence-electron chi connectivity index (χ4n) is 2.61. The van der Waals surface area contributed by atoms with Crippen LogP contribution in [0.4, 0.5) is 0 Å². The summed E-state index contributed by atoms with van der Waals surface area (Å²) in [5, 5.41) is 0. The highest BCUT2D eigenvalue weighted by molar-refractivity contribution is 6.76. The normalized spacial score (nSPS) is 19.8. The van der Waals surface area contributed by atoms with E-state index in [0.29, 0.717) is 25.7 Å². The fraction of sp³-hybridized carbons (Fsp3) is 0.714. The minimum Gasteiger partial charge on any atom is -0.456 e. The van der Waals surface area contributed by atoms with E-state index < -0.39 is 23.5 Å². The van der Waals surface area contributed by atoms with Crippen LogP contribution >= 0.6 is 0 Å². The van der Waals surface area contributed by atoms with Gasteiger partial charge in [0.2, 0.25) is 0 Å². The second-order valence-electron chi connectivity index (χ2n) is 5.28. The Bertz CT molecular complexity index is 375. The van der Waals surface area contributed by atoms with Gasteiger partial charge >= 0.3 is 23.5 Å². The lowest BCUT2D eigenvalue weighted by atomic mass is 10.2. The molecule has 6 heteroatoms. The summed E-state index contributed by atoms with van der Waals surface area (Å²) in [5.74, 6) is -5.35. The first-order valence-corrected chi connectivity index (χ1v) is 7.08. The van der Waals surface area contributed by atoms with Crippen molar-refractivity contribution in [2.24, 2.45) is 0 Å². The second kappa shape index (κ2) is 6.63. The van der Waals surface area contributed by atoms with Crippen molar-refractivity contribution < 1.29 is 28.7 Å². The minimum atomic E-state index is -1.43. The maximum Gasteiger partial charge on any atom is 0.383 e. The Kier molecular flexibility index (Phi) is 4.87. The Balaban J connectivity index is 1.81. The molecule has 110 valence electrons. The molecule has 2 rings (SSSR count). The summed E-state index contributed by atoms with van der Waals surface area (Å²) in [5.41, 5.74) is 0. The van der Waals surface area contributed by atoms with Crippen molar-refractivity contribution in [1.82, 2.24) is 0 Å². The number of ether oxygens (including phenoxy) is 2. The average Bonchev–Trinajstić information content (AvgIpc) is 3.10. The monoisotopic (exact) mass is 282 g/mol. The largest absolute Gasteiger partial charge is 0.456 e. The molecule has 2 aliphatic carbocycles. The third-order valence-electron chi connectivity index (χ3n) is 3.73. The molecule has 2 saturated carbocycles. The van der Waals surface area contributed by atoms with Gasteiger partial charge in [0.1, 0.15) is 12.2 Å². The lowest BCUT2D eigenvalue weighted by Crippen LogP contribution is -2.35. The third kappa shape index (κ3) is 3.65.